The fourth-order valence-corrected chi connectivity index (χ4v) is 2.54. The number of para-hydroxylation sites is 1. The Morgan fingerprint density at radius 1 is 1.00 bits per heavy atom. The first-order chi connectivity index (χ1) is 11.3. The van der Waals surface area contributed by atoms with Gasteiger partial charge in [-0.25, -0.2) is 9.78 Å². The van der Waals surface area contributed by atoms with Gasteiger partial charge in [0.15, 0.2) is 0 Å². The molecule has 0 bridgehead atoms. The summed E-state index contributed by atoms with van der Waals surface area (Å²) in [7, 11) is 0. The topological polar surface area (TPSA) is 64.1 Å². The quantitative estimate of drug-likeness (QED) is 0.778. The molecule has 0 unspecified atom stereocenters. The highest BCUT2D eigenvalue weighted by molar-refractivity contribution is 7.99. The second-order valence-electron chi connectivity index (χ2n) is 4.50. The van der Waals surface area contributed by atoms with Crippen molar-refractivity contribution in [1.82, 2.24) is 9.97 Å². The normalized spacial score (nSPS) is 10.1. The van der Waals surface area contributed by atoms with Gasteiger partial charge in [0, 0.05) is 23.0 Å². The number of benzene rings is 2. The van der Waals surface area contributed by atoms with Crippen LogP contribution in [0.2, 0.25) is 0 Å². The van der Waals surface area contributed by atoms with E-state index < -0.39 is 6.09 Å². The number of hydrogen-bond acceptors (Lipinski definition) is 5. The van der Waals surface area contributed by atoms with Crippen LogP contribution in [-0.4, -0.2) is 16.1 Å². The summed E-state index contributed by atoms with van der Waals surface area (Å²) < 4.78 is 5.17. The fourth-order valence-electron chi connectivity index (χ4n) is 1.80. The predicted octanol–water partition coefficient (Wildman–Crippen LogP) is 4.24. The first kappa shape index (κ1) is 15.1. The Kier molecular flexibility index (Phi) is 4.85. The van der Waals surface area contributed by atoms with Crippen molar-refractivity contribution in [3.63, 3.8) is 0 Å². The van der Waals surface area contributed by atoms with Gasteiger partial charge in [0.1, 0.15) is 10.8 Å². The maximum absolute atomic E-state index is 11.8. The molecule has 23 heavy (non-hydrogen) atoms. The average molecular weight is 323 g/mol. The maximum Gasteiger partial charge on any atom is 0.417 e. The Morgan fingerprint density at radius 3 is 2.48 bits per heavy atom. The highest BCUT2D eigenvalue weighted by atomic mass is 32.2. The van der Waals surface area contributed by atoms with Crippen LogP contribution in [0.3, 0.4) is 0 Å². The Hall–Kier alpha value is -2.86. The van der Waals surface area contributed by atoms with Crippen LogP contribution >= 0.6 is 11.8 Å². The zero-order valence-corrected chi connectivity index (χ0v) is 12.9. The second-order valence-corrected chi connectivity index (χ2v) is 5.59. The molecule has 2 aromatic carbocycles. The number of anilines is 1. The van der Waals surface area contributed by atoms with Crippen molar-refractivity contribution >= 4 is 23.5 Å². The number of nitrogens with zero attached hydrogens (tertiary/aromatic N) is 2. The summed E-state index contributed by atoms with van der Waals surface area (Å²) in [5, 5.41) is 3.50. The van der Waals surface area contributed by atoms with Gasteiger partial charge in [-0.1, -0.05) is 30.0 Å². The maximum atomic E-state index is 11.8. The lowest BCUT2D eigenvalue weighted by Crippen LogP contribution is -2.16. The first-order valence-electron chi connectivity index (χ1n) is 6.87. The number of aromatic nitrogens is 2. The van der Waals surface area contributed by atoms with Crippen LogP contribution in [0.25, 0.3) is 0 Å². The zero-order chi connectivity index (χ0) is 15.9. The number of rotatable bonds is 4. The van der Waals surface area contributed by atoms with Gasteiger partial charge in [-0.15, -0.1) is 0 Å². The minimum Gasteiger partial charge on any atom is -0.410 e. The molecular weight excluding hydrogens is 310 g/mol. The molecule has 6 heteroatoms. The molecule has 1 N–H and O–H groups in total. The Labute approximate surface area is 137 Å². The summed E-state index contributed by atoms with van der Waals surface area (Å²) in [6, 6.07) is 16.3. The van der Waals surface area contributed by atoms with E-state index in [4.69, 9.17) is 4.74 Å². The van der Waals surface area contributed by atoms with Crippen LogP contribution in [0.15, 0.2) is 83.1 Å². The molecule has 0 aliphatic carbocycles. The third-order valence-corrected chi connectivity index (χ3v) is 3.74. The molecule has 1 aromatic heterocycles. The Balaban J connectivity index is 1.58. The first-order valence-corrected chi connectivity index (χ1v) is 7.69. The molecule has 1 heterocycles. The van der Waals surface area contributed by atoms with Crippen LogP contribution in [0.1, 0.15) is 0 Å². The summed E-state index contributed by atoms with van der Waals surface area (Å²) in [6.07, 6.45) is 4.46. The molecule has 0 radical (unpaired) electrons. The van der Waals surface area contributed by atoms with E-state index in [0.717, 1.165) is 9.92 Å². The Bertz CT molecular complexity index is 765. The summed E-state index contributed by atoms with van der Waals surface area (Å²) in [5.74, 6) is 0.500. The van der Waals surface area contributed by atoms with Crippen LogP contribution < -0.4 is 10.1 Å². The lowest BCUT2D eigenvalue weighted by atomic mass is 10.3. The van der Waals surface area contributed by atoms with Crippen molar-refractivity contribution in [3.8, 4) is 5.75 Å². The molecular formula is C17H13N3O2S. The van der Waals surface area contributed by atoms with Crippen molar-refractivity contribution in [1.29, 1.82) is 0 Å². The molecule has 0 saturated heterocycles. The fraction of sp³-hybridized carbons (Fsp3) is 0. The molecule has 5 nitrogen and oxygen atoms in total. The van der Waals surface area contributed by atoms with E-state index in [0.29, 0.717) is 11.4 Å². The molecule has 0 atom stereocenters. The standard InChI is InChI=1S/C17H13N3O2S/c21-17(22-14-4-2-1-3-5-14)20-13-6-8-15(9-7-13)23-16-12-18-10-11-19-16/h1-12H,(H,20,21). The van der Waals surface area contributed by atoms with E-state index in [-0.39, 0.29) is 0 Å². The molecule has 0 spiro atoms. The average Bonchev–Trinajstić information content (AvgIpc) is 2.58. The van der Waals surface area contributed by atoms with E-state index >= 15 is 0 Å². The highest BCUT2D eigenvalue weighted by Gasteiger charge is 2.05. The van der Waals surface area contributed by atoms with E-state index in [1.54, 1.807) is 42.9 Å². The molecule has 0 aliphatic rings. The smallest absolute Gasteiger partial charge is 0.410 e. The van der Waals surface area contributed by atoms with E-state index in [9.17, 15) is 4.79 Å². The van der Waals surface area contributed by atoms with E-state index in [2.05, 4.69) is 15.3 Å². The van der Waals surface area contributed by atoms with Gasteiger partial charge in [0.25, 0.3) is 0 Å². The molecule has 114 valence electrons. The van der Waals surface area contributed by atoms with Crippen LogP contribution in [0.5, 0.6) is 5.75 Å². The van der Waals surface area contributed by atoms with Crippen LogP contribution in [-0.2, 0) is 0 Å². The largest absolute Gasteiger partial charge is 0.417 e. The third kappa shape index (κ3) is 4.55. The molecule has 1 amide bonds. The molecule has 0 fully saturated rings. The van der Waals surface area contributed by atoms with Gasteiger partial charge >= 0.3 is 6.09 Å². The SMILES string of the molecule is O=C(Nc1ccc(Sc2cnccn2)cc1)Oc1ccccc1. The Morgan fingerprint density at radius 2 is 1.78 bits per heavy atom. The summed E-state index contributed by atoms with van der Waals surface area (Å²) >= 11 is 1.50. The zero-order valence-electron chi connectivity index (χ0n) is 12.0. The van der Waals surface area contributed by atoms with Gasteiger partial charge in [-0.2, -0.15) is 0 Å². The third-order valence-electron chi connectivity index (χ3n) is 2.82. The highest BCUT2D eigenvalue weighted by Crippen LogP contribution is 2.26. The number of nitrogens with one attached hydrogen (secondary N) is 1. The van der Waals surface area contributed by atoms with Crippen molar-refractivity contribution in [3.05, 3.63) is 73.2 Å². The van der Waals surface area contributed by atoms with E-state index in [1.807, 2.05) is 30.3 Å². The number of ether oxygens (including phenoxy) is 1. The second kappa shape index (κ2) is 7.42. The van der Waals surface area contributed by atoms with Gasteiger partial charge < -0.3 is 4.74 Å². The predicted molar refractivity (Wildman–Crippen MR) is 88.7 cm³/mol. The number of carbonyl (C=O) groups is 1. The van der Waals surface area contributed by atoms with Crippen LogP contribution in [0.4, 0.5) is 10.5 Å². The van der Waals surface area contributed by atoms with Crippen molar-refractivity contribution in [2.24, 2.45) is 0 Å². The monoisotopic (exact) mass is 323 g/mol. The number of hydrogen-bond donors (Lipinski definition) is 1. The number of carbonyl (C=O) groups excluding carboxylic acids is 1. The number of amides is 1. The van der Waals surface area contributed by atoms with Gasteiger partial charge in [0.05, 0.1) is 6.20 Å². The molecule has 0 saturated carbocycles. The minimum absolute atomic E-state index is 0.500. The van der Waals surface area contributed by atoms with Crippen molar-refractivity contribution < 1.29 is 9.53 Å². The van der Waals surface area contributed by atoms with Crippen molar-refractivity contribution in [2.45, 2.75) is 9.92 Å². The lowest BCUT2D eigenvalue weighted by molar-refractivity contribution is 0.215. The lowest BCUT2D eigenvalue weighted by Gasteiger charge is -2.07. The molecule has 3 rings (SSSR count). The van der Waals surface area contributed by atoms with E-state index in [1.165, 1.54) is 11.8 Å². The summed E-state index contributed by atoms with van der Waals surface area (Å²) in [4.78, 5) is 21.0. The van der Waals surface area contributed by atoms with Gasteiger partial charge in [-0.3, -0.25) is 10.3 Å². The summed E-state index contributed by atoms with van der Waals surface area (Å²) in [6.45, 7) is 0. The summed E-state index contributed by atoms with van der Waals surface area (Å²) in [5.41, 5.74) is 0.662. The van der Waals surface area contributed by atoms with Crippen LogP contribution in [0, 0.1) is 0 Å². The molecule has 0 aliphatic heterocycles. The van der Waals surface area contributed by atoms with Crippen molar-refractivity contribution in [2.75, 3.05) is 5.32 Å². The van der Waals surface area contributed by atoms with Gasteiger partial charge in [0.2, 0.25) is 0 Å². The molecule has 3 aromatic rings. The van der Waals surface area contributed by atoms with Gasteiger partial charge in [-0.05, 0) is 36.4 Å². The minimum atomic E-state index is -0.523.